The van der Waals surface area contributed by atoms with Crippen LogP contribution in [0.3, 0.4) is 0 Å². The lowest BCUT2D eigenvalue weighted by Crippen LogP contribution is -2.42. The number of carbonyl (C=O) groups excluding carboxylic acids is 1. The first-order valence-electron chi connectivity index (χ1n) is 6.03. The van der Waals surface area contributed by atoms with Crippen LogP contribution in [0.4, 0.5) is 0 Å². The number of amides is 1. The number of carboxylic acid groups (broad SMARTS) is 1. The highest BCUT2D eigenvalue weighted by Crippen LogP contribution is 1.95. The molecule has 0 aliphatic rings. The standard InChI is InChI=1S/C10H17N5O5S/c1-21(19,20)5-2-7(11)9(16)12-3-4-15-6-8(10(17)18)13-14-15/h6-7H,2-5,11H2,1H3,(H,12,16)(H,17,18). The van der Waals surface area contributed by atoms with E-state index in [0.717, 1.165) is 6.26 Å². The Morgan fingerprint density at radius 2 is 2.19 bits per heavy atom. The van der Waals surface area contributed by atoms with Crippen molar-refractivity contribution in [1.29, 1.82) is 0 Å². The van der Waals surface area contributed by atoms with E-state index in [1.807, 2.05) is 0 Å². The Kier molecular flexibility index (Phi) is 5.79. The Hall–Kier alpha value is -2.01. The molecule has 0 aliphatic heterocycles. The maximum absolute atomic E-state index is 11.6. The number of nitrogens with one attached hydrogen (secondary N) is 1. The summed E-state index contributed by atoms with van der Waals surface area (Å²) in [6, 6.07) is -0.912. The van der Waals surface area contributed by atoms with E-state index in [4.69, 9.17) is 10.8 Å². The van der Waals surface area contributed by atoms with Crippen molar-refractivity contribution in [1.82, 2.24) is 20.3 Å². The van der Waals surface area contributed by atoms with Crippen molar-refractivity contribution >= 4 is 21.7 Å². The molecule has 11 heteroatoms. The molecule has 1 amide bonds. The van der Waals surface area contributed by atoms with Gasteiger partial charge in [-0.25, -0.2) is 17.9 Å². The number of carboxylic acids is 1. The van der Waals surface area contributed by atoms with Crippen LogP contribution < -0.4 is 11.1 Å². The number of nitrogens with two attached hydrogens (primary N) is 1. The Balaban J connectivity index is 2.33. The molecule has 118 valence electrons. The van der Waals surface area contributed by atoms with E-state index >= 15 is 0 Å². The van der Waals surface area contributed by atoms with Crippen molar-refractivity contribution < 1.29 is 23.1 Å². The van der Waals surface area contributed by atoms with Gasteiger partial charge in [-0.15, -0.1) is 5.10 Å². The van der Waals surface area contributed by atoms with Crippen LogP contribution in [0, 0.1) is 0 Å². The molecule has 1 atom stereocenters. The van der Waals surface area contributed by atoms with E-state index in [1.54, 1.807) is 0 Å². The Labute approximate surface area is 121 Å². The molecular weight excluding hydrogens is 302 g/mol. The fourth-order valence-corrected chi connectivity index (χ4v) is 2.08. The maximum atomic E-state index is 11.6. The Morgan fingerprint density at radius 1 is 1.52 bits per heavy atom. The molecule has 0 fully saturated rings. The van der Waals surface area contributed by atoms with Crippen molar-refractivity contribution in [3.63, 3.8) is 0 Å². The normalized spacial score (nSPS) is 12.9. The van der Waals surface area contributed by atoms with Crippen molar-refractivity contribution in [2.45, 2.75) is 19.0 Å². The van der Waals surface area contributed by atoms with Gasteiger partial charge in [0.1, 0.15) is 9.84 Å². The fourth-order valence-electron chi connectivity index (χ4n) is 1.40. The number of rotatable bonds is 8. The van der Waals surface area contributed by atoms with E-state index in [0.29, 0.717) is 0 Å². The highest BCUT2D eigenvalue weighted by molar-refractivity contribution is 7.90. The van der Waals surface area contributed by atoms with Crippen molar-refractivity contribution in [3.05, 3.63) is 11.9 Å². The van der Waals surface area contributed by atoms with Gasteiger partial charge in [0, 0.05) is 12.8 Å². The van der Waals surface area contributed by atoms with Gasteiger partial charge in [-0.1, -0.05) is 5.21 Å². The zero-order valence-electron chi connectivity index (χ0n) is 11.4. The second kappa shape index (κ2) is 7.13. The third-order valence-electron chi connectivity index (χ3n) is 2.53. The lowest BCUT2D eigenvalue weighted by molar-refractivity contribution is -0.122. The molecule has 0 radical (unpaired) electrons. The van der Waals surface area contributed by atoms with Crippen molar-refractivity contribution in [3.8, 4) is 0 Å². The smallest absolute Gasteiger partial charge is 0.358 e. The third-order valence-corrected chi connectivity index (χ3v) is 3.51. The van der Waals surface area contributed by atoms with E-state index < -0.39 is 27.8 Å². The monoisotopic (exact) mass is 319 g/mol. The number of aromatic nitrogens is 3. The molecule has 0 aliphatic carbocycles. The van der Waals surface area contributed by atoms with Gasteiger partial charge in [-0.3, -0.25) is 4.79 Å². The van der Waals surface area contributed by atoms with Crippen LogP contribution in [-0.4, -0.2) is 65.0 Å². The molecule has 0 aromatic carbocycles. The lowest BCUT2D eigenvalue weighted by atomic mass is 10.2. The van der Waals surface area contributed by atoms with Crippen molar-refractivity contribution in [2.24, 2.45) is 5.73 Å². The van der Waals surface area contributed by atoms with Crippen molar-refractivity contribution in [2.75, 3.05) is 18.6 Å². The number of nitrogens with zero attached hydrogens (tertiary/aromatic N) is 3. The second-order valence-corrected chi connectivity index (χ2v) is 6.75. The van der Waals surface area contributed by atoms with Crippen LogP contribution in [0.25, 0.3) is 0 Å². The van der Waals surface area contributed by atoms with Gasteiger partial charge < -0.3 is 16.2 Å². The SMILES string of the molecule is CS(=O)(=O)CCC(N)C(=O)NCCn1cc(C(=O)O)nn1. The van der Waals surface area contributed by atoms with E-state index in [9.17, 15) is 18.0 Å². The second-order valence-electron chi connectivity index (χ2n) is 4.49. The number of aromatic carboxylic acids is 1. The molecule has 1 unspecified atom stereocenters. The quantitative estimate of drug-likeness (QED) is 0.489. The summed E-state index contributed by atoms with van der Waals surface area (Å²) in [6.45, 7) is 0.401. The molecular formula is C10H17N5O5S. The van der Waals surface area contributed by atoms with Gasteiger partial charge in [-0.2, -0.15) is 0 Å². The summed E-state index contributed by atoms with van der Waals surface area (Å²) in [5.41, 5.74) is 5.37. The summed E-state index contributed by atoms with van der Waals surface area (Å²) in [7, 11) is -3.16. The predicted octanol–water partition coefficient (Wildman–Crippen LogP) is -2.15. The molecule has 10 nitrogen and oxygen atoms in total. The minimum Gasteiger partial charge on any atom is -0.476 e. The molecule has 1 aromatic heterocycles. The fraction of sp³-hybridized carbons (Fsp3) is 0.600. The molecule has 0 bridgehead atoms. The highest BCUT2D eigenvalue weighted by atomic mass is 32.2. The largest absolute Gasteiger partial charge is 0.476 e. The van der Waals surface area contributed by atoms with Gasteiger partial charge in [0.05, 0.1) is 24.5 Å². The molecule has 1 rings (SSSR count). The van der Waals surface area contributed by atoms with E-state index in [2.05, 4.69) is 15.6 Å². The first-order valence-corrected chi connectivity index (χ1v) is 8.09. The molecule has 1 aromatic rings. The van der Waals surface area contributed by atoms with Crippen LogP contribution >= 0.6 is 0 Å². The van der Waals surface area contributed by atoms with Crippen LogP contribution in [0.5, 0.6) is 0 Å². The summed E-state index contributed by atoms with van der Waals surface area (Å²) in [6.07, 6.45) is 2.34. The van der Waals surface area contributed by atoms with Crippen LogP contribution in [0.1, 0.15) is 16.9 Å². The highest BCUT2D eigenvalue weighted by Gasteiger charge is 2.15. The predicted molar refractivity (Wildman–Crippen MR) is 72.3 cm³/mol. The topological polar surface area (TPSA) is 157 Å². The zero-order valence-corrected chi connectivity index (χ0v) is 12.2. The van der Waals surface area contributed by atoms with Gasteiger partial charge >= 0.3 is 5.97 Å². The number of hydrogen-bond acceptors (Lipinski definition) is 7. The van der Waals surface area contributed by atoms with Crippen LogP contribution in [0.15, 0.2) is 6.20 Å². The molecule has 0 spiro atoms. The summed E-state index contributed by atoms with van der Waals surface area (Å²) >= 11 is 0. The number of sulfone groups is 1. The average Bonchev–Trinajstić information content (AvgIpc) is 2.83. The minimum absolute atomic E-state index is 0.0388. The van der Waals surface area contributed by atoms with Gasteiger partial charge in [0.15, 0.2) is 5.69 Å². The summed E-state index contributed by atoms with van der Waals surface area (Å²) in [4.78, 5) is 22.2. The van der Waals surface area contributed by atoms with Crippen LogP contribution in [0.2, 0.25) is 0 Å². The Morgan fingerprint density at radius 3 is 2.71 bits per heavy atom. The molecule has 0 saturated heterocycles. The first-order chi connectivity index (χ1) is 9.69. The number of carbonyl (C=O) groups is 2. The summed E-state index contributed by atoms with van der Waals surface area (Å²) < 4.78 is 23.2. The molecule has 21 heavy (non-hydrogen) atoms. The van der Waals surface area contributed by atoms with E-state index in [1.165, 1.54) is 10.9 Å². The minimum atomic E-state index is -3.16. The molecule has 0 saturated carbocycles. The first kappa shape index (κ1) is 17.0. The van der Waals surface area contributed by atoms with Crippen LogP contribution in [-0.2, 0) is 21.2 Å². The average molecular weight is 319 g/mol. The van der Waals surface area contributed by atoms with E-state index in [-0.39, 0.29) is 31.0 Å². The maximum Gasteiger partial charge on any atom is 0.358 e. The third kappa shape index (κ3) is 6.31. The zero-order chi connectivity index (χ0) is 16.0. The molecule has 1 heterocycles. The van der Waals surface area contributed by atoms with Gasteiger partial charge in [0.2, 0.25) is 5.91 Å². The Bertz CT molecular complexity index is 611. The number of hydrogen-bond donors (Lipinski definition) is 3. The lowest BCUT2D eigenvalue weighted by Gasteiger charge is -2.11. The van der Waals surface area contributed by atoms with Gasteiger partial charge in [0.25, 0.3) is 0 Å². The summed E-state index contributed by atoms with van der Waals surface area (Å²) in [5, 5.41) is 18.2. The van der Waals surface area contributed by atoms with Gasteiger partial charge in [-0.05, 0) is 6.42 Å². The molecule has 4 N–H and O–H groups in total. The summed E-state index contributed by atoms with van der Waals surface area (Å²) in [5.74, 6) is -1.82.